The monoisotopic (exact) mass is 338 g/mol. The third kappa shape index (κ3) is 3.86. The normalized spacial score (nSPS) is 16.6. The molecule has 1 aliphatic heterocycles. The summed E-state index contributed by atoms with van der Waals surface area (Å²) in [4.78, 5) is 45.5. The minimum absolute atomic E-state index is 0.121. The maximum absolute atomic E-state index is 12.0. The van der Waals surface area contributed by atoms with Crippen molar-refractivity contribution in [3.8, 4) is 0 Å². The number of esters is 1. The maximum Gasteiger partial charge on any atom is 0.433 e. The number of hydrogen-bond acceptors (Lipinski definition) is 8. The van der Waals surface area contributed by atoms with E-state index in [4.69, 9.17) is 4.42 Å². The number of nitro groups is 1. The molecule has 2 rings (SSSR count). The van der Waals surface area contributed by atoms with Crippen molar-refractivity contribution in [2.24, 2.45) is 0 Å². The van der Waals surface area contributed by atoms with Crippen molar-refractivity contribution in [2.75, 3.05) is 13.7 Å². The van der Waals surface area contributed by atoms with Crippen molar-refractivity contribution in [1.82, 2.24) is 4.90 Å². The van der Waals surface area contributed by atoms with Crippen LogP contribution in [0.15, 0.2) is 33.6 Å². The molecule has 0 atom stereocenters. The topological polar surface area (TPSA) is 120 Å². The van der Waals surface area contributed by atoms with E-state index in [1.54, 1.807) is 0 Å². The van der Waals surface area contributed by atoms with Gasteiger partial charge in [-0.3, -0.25) is 29.4 Å². The van der Waals surface area contributed by atoms with E-state index in [2.05, 4.69) is 4.74 Å². The molecule has 0 N–H and O–H groups in total. The van der Waals surface area contributed by atoms with E-state index in [1.165, 1.54) is 30.4 Å². The van der Waals surface area contributed by atoms with Gasteiger partial charge in [0.15, 0.2) is 0 Å². The summed E-state index contributed by atoms with van der Waals surface area (Å²) >= 11 is 0.680. The average molecular weight is 338 g/mol. The first-order chi connectivity index (χ1) is 10.9. The molecule has 1 aromatic rings. The summed E-state index contributed by atoms with van der Waals surface area (Å²) in [6, 6.07) is 2.59. The predicted molar refractivity (Wildman–Crippen MR) is 79.2 cm³/mol. The Labute approximate surface area is 133 Å². The second-order valence-electron chi connectivity index (χ2n) is 4.16. The van der Waals surface area contributed by atoms with Gasteiger partial charge < -0.3 is 9.15 Å². The molecule has 2 amide bonds. The molecule has 0 unspecified atom stereocenters. The average Bonchev–Trinajstić information content (AvgIpc) is 3.08. The van der Waals surface area contributed by atoms with Crippen LogP contribution in [0.4, 0.5) is 10.7 Å². The molecule has 23 heavy (non-hydrogen) atoms. The SMILES string of the molecule is COC(=O)CN1C(=O)S/C(=C\C=C\c2ccc([N+](=O)[O-])o2)C1=O. The minimum atomic E-state index is -0.702. The van der Waals surface area contributed by atoms with Crippen LogP contribution in [-0.2, 0) is 14.3 Å². The van der Waals surface area contributed by atoms with Gasteiger partial charge in [0.25, 0.3) is 11.1 Å². The Morgan fingerprint density at radius 2 is 2.22 bits per heavy atom. The first-order valence-corrected chi connectivity index (χ1v) is 6.97. The van der Waals surface area contributed by atoms with Crippen LogP contribution < -0.4 is 0 Å². The maximum atomic E-state index is 12.0. The molecule has 0 radical (unpaired) electrons. The number of ether oxygens (including phenoxy) is 1. The van der Waals surface area contributed by atoms with E-state index in [-0.39, 0.29) is 10.7 Å². The van der Waals surface area contributed by atoms with Gasteiger partial charge in [0, 0.05) is 0 Å². The molecule has 0 bridgehead atoms. The lowest BCUT2D eigenvalue weighted by atomic mass is 10.3. The Morgan fingerprint density at radius 3 is 2.83 bits per heavy atom. The second kappa shape index (κ2) is 6.92. The van der Waals surface area contributed by atoms with Crippen LogP contribution in [-0.4, -0.2) is 40.6 Å². The van der Waals surface area contributed by atoms with E-state index in [0.29, 0.717) is 11.8 Å². The number of amides is 2. The van der Waals surface area contributed by atoms with E-state index < -0.39 is 34.5 Å². The first-order valence-electron chi connectivity index (χ1n) is 6.15. The molecule has 0 spiro atoms. The molecule has 1 saturated heterocycles. The highest BCUT2D eigenvalue weighted by atomic mass is 32.2. The van der Waals surface area contributed by atoms with Crippen LogP contribution in [0.5, 0.6) is 0 Å². The van der Waals surface area contributed by atoms with Crippen LogP contribution in [0.25, 0.3) is 6.08 Å². The summed E-state index contributed by atoms with van der Waals surface area (Å²) in [5.74, 6) is -1.49. The van der Waals surface area contributed by atoms with Gasteiger partial charge in [-0.15, -0.1) is 0 Å². The third-order valence-corrected chi connectivity index (χ3v) is 3.61. The summed E-state index contributed by atoms with van der Waals surface area (Å²) in [5, 5.41) is 9.90. The first kappa shape index (κ1) is 16.5. The van der Waals surface area contributed by atoms with Crippen LogP contribution in [0.3, 0.4) is 0 Å². The Morgan fingerprint density at radius 1 is 1.48 bits per heavy atom. The van der Waals surface area contributed by atoms with Gasteiger partial charge >= 0.3 is 11.9 Å². The Balaban J connectivity index is 2.06. The highest BCUT2D eigenvalue weighted by molar-refractivity contribution is 8.18. The van der Waals surface area contributed by atoms with E-state index >= 15 is 0 Å². The fourth-order valence-electron chi connectivity index (χ4n) is 1.60. The van der Waals surface area contributed by atoms with E-state index in [1.807, 2.05) is 0 Å². The van der Waals surface area contributed by atoms with Gasteiger partial charge in [0.05, 0.1) is 18.1 Å². The van der Waals surface area contributed by atoms with Crippen LogP contribution in [0.2, 0.25) is 0 Å². The number of rotatable bonds is 5. The molecular formula is C13H10N2O7S. The smallest absolute Gasteiger partial charge is 0.433 e. The number of methoxy groups -OCH3 is 1. The Kier molecular flexibility index (Phi) is 4.96. The zero-order valence-electron chi connectivity index (χ0n) is 11.8. The van der Waals surface area contributed by atoms with Gasteiger partial charge in [0.1, 0.15) is 17.2 Å². The predicted octanol–water partition coefficient (Wildman–Crippen LogP) is 1.95. The summed E-state index contributed by atoms with van der Waals surface area (Å²) in [6.45, 7) is -0.452. The van der Waals surface area contributed by atoms with Gasteiger partial charge in [-0.1, -0.05) is 6.08 Å². The zero-order valence-corrected chi connectivity index (χ0v) is 12.6. The molecular weight excluding hydrogens is 328 g/mol. The van der Waals surface area contributed by atoms with E-state index in [9.17, 15) is 24.5 Å². The largest absolute Gasteiger partial charge is 0.468 e. The molecule has 0 aliphatic carbocycles. The Hall–Kier alpha value is -2.88. The van der Waals surface area contributed by atoms with E-state index in [0.717, 1.165) is 12.0 Å². The van der Waals surface area contributed by atoms with Crippen molar-refractivity contribution in [2.45, 2.75) is 0 Å². The highest BCUT2D eigenvalue weighted by Gasteiger charge is 2.36. The summed E-state index contributed by atoms with van der Waals surface area (Å²) in [7, 11) is 1.16. The lowest BCUT2D eigenvalue weighted by Gasteiger charge is -2.09. The number of hydrogen-bond donors (Lipinski definition) is 0. The minimum Gasteiger partial charge on any atom is -0.468 e. The molecule has 2 heterocycles. The molecule has 1 aliphatic rings. The Bertz CT molecular complexity index is 734. The number of furan rings is 1. The fourth-order valence-corrected chi connectivity index (χ4v) is 2.39. The van der Waals surface area contributed by atoms with Crippen molar-refractivity contribution >= 4 is 40.8 Å². The van der Waals surface area contributed by atoms with Crippen molar-refractivity contribution in [3.05, 3.63) is 45.1 Å². The summed E-state index contributed by atoms with van der Waals surface area (Å²) < 4.78 is 9.31. The molecule has 1 aromatic heterocycles. The molecule has 1 fully saturated rings. The van der Waals surface area contributed by atoms with Crippen LogP contribution in [0, 0.1) is 10.1 Å². The summed E-state index contributed by atoms with van der Waals surface area (Å²) in [5.41, 5.74) is 0. The molecule has 0 saturated carbocycles. The standard InChI is InChI=1S/C13H10N2O7S/c1-21-11(16)7-14-12(17)9(23-13(14)18)4-2-3-8-5-6-10(22-8)15(19)20/h2-6H,7H2,1H3/b3-2+,9-4-. The molecule has 9 nitrogen and oxygen atoms in total. The molecule has 0 aromatic carbocycles. The van der Waals surface area contributed by atoms with Gasteiger partial charge in [0.2, 0.25) is 0 Å². The van der Waals surface area contributed by atoms with Gasteiger partial charge in [-0.05, 0) is 30.0 Å². The quantitative estimate of drug-likeness (QED) is 0.346. The fraction of sp³-hybridized carbons (Fsp3) is 0.154. The van der Waals surface area contributed by atoms with Gasteiger partial charge in [-0.2, -0.15) is 0 Å². The van der Waals surface area contributed by atoms with Crippen molar-refractivity contribution < 1.29 is 28.5 Å². The number of carbonyl (C=O) groups is 3. The van der Waals surface area contributed by atoms with Crippen LogP contribution >= 0.6 is 11.8 Å². The lowest BCUT2D eigenvalue weighted by molar-refractivity contribution is -0.402. The van der Waals surface area contributed by atoms with Crippen molar-refractivity contribution in [3.63, 3.8) is 0 Å². The number of carbonyl (C=O) groups excluding carboxylic acids is 3. The highest BCUT2D eigenvalue weighted by Crippen LogP contribution is 2.30. The van der Waals surface area contributed by atoms with Gasteiger partial charge in [-0.25, -0.2) is 0 Å². The molecule has 120 valence electrons. The number of thioether (sulfide) groups is 1. The number of allylic oxidation sites excluding steroid dienone is 2. The number of nitrogens with zero attached hydrogens (tertiary/aromatic N) is 2. The zero-order chi connectivity index (χ0) is 17.0. The lowest BCUT2D eigenvalue weighted by Crippen LogP contribution is -2.34. The third-order valence-electron chi connectivity index (χ3n) is 2.69. The molecule has 10 heteroatoms. The van der Waals surface area contributed by atoms with Crippen LogP contribution in [0.1, 0.15) is 5.76 Å². The summed E-state index contributed by atoms with van der Waals surface area (Å²) in [6.07, 6.45) is 4.18. The van der Waals surface area contributed by atoms with Crippen molar-refractivity contribution in [1.29, 1.82) is 0 Å². The number of imide groups is 1. The second-order valence-corrected chi connectivity index (χ2v) is 5.15.